The Kier molecular flexibility index (Phi) is 4.42. The van der Waals surface area contributed by atoms with Crippen molar-refractivity contribution in [2.75, 3.05) is 6.54 Å². The van der Waals surface area contributed by atoms with Crippen molar-refractivity contribution in [2.45, 2.75) is 51.6 Å². The van der Waals surface area contributed by atoms with Crippen LogP contribution in [-0.4, -0.2) is 34.3 Å². The number of thiazole rings is 1. The summed E-state index contributed by atoms with van der Waals surface area (Å²) in [6.45, 7) is 6.43. The predicted molar refractivity (Wildman–Crippen MR) is 78.3 cm³/mol. The van der Waals surface area contributed by atoms with Crippen LogP contribution in [0.4, 0.5) is 0 Å². The minimum atomic E-state index is -0.483. The predicted octanol–water partition coefficient (Wildman–Crippen LogP) is 1.90. The van der Waals surface area contributed by atoms with Crippen LogP contribution in [0.3, 0.4) is 0 Å². The smallest absolute Gasteiger partial charge is 0.245 e. The Morgan fingerprint density at radius 3 is 2.85 bits per heavy atom. The van der Waals surface area contributed by atoms with Gasteiger partial charge in [0.2, 0.25) is 11.8 Å². The second kappa shape index (κ2) is 5.91. The molecule has 0 spiro atoms. The molecule has 5 nitrogen and oxygen atoms in total. The van der Waals surface area contributed by atoms with Crippen LogP contribution < -0.4 is 5.32 Å². The Bertz CT molecular complexity index is 485. The molecule has 20 heavy (non-hydrogen) atoms. The maximum absolute atomic E-state index is 12.7. The highest BCUT2D eigenvalue weighted by atomic mass is 32.1. The van der Waals surface area contributed by atoms with E-state index in [1.54, 1.807) is 11.1 Å². The van der Waals surface area contributed by atoms with Gasteiger partial charge in [0.25, 0.3) is 0 Å². The van der Waals surface area contributed by atoms with Gasteiger partial charge in [-0.15, -0.1) is 11.3 Å². The quantitative estimate of drug-likeness (QED) is 0.922. The summed E-state index contributed by atoms with van der Waals surface area (Å²) in [6.07, 6.45) is 3.63. The van der Waals surface area contributed by atoms with E-state index >= 15 is 0 Å². The van der Waals surface area contributed by atoms with E-state index in [1.807, 2.05) is 26.2 Å². The maximum atomic E-state index is 12.7. The topological polar surface area (TPSA) is 62.3 Å². The molecule has 2 heterocycles. The SMILES string of the molecule is CCCC1NC(=O)CCN(C(C)(C)c2nccs2)C1=O. The normalized spacial score (nSPS) is 20.8. The summed E-state index contributed by atoms with van der Waals surface area (Å²) in [5.74, 6) is -0.0489. The van der Waals surface area contributed by atoms with E-state index in [0.717, 1.165) is 11.4 Å². The van der Waals surface area contributed by atoms with Crippen LogP contribution in [0.1, 0.15) is 45.0 Å². The van der Waals surface area contributed by atoms with Crippen LogP contribution in [0.5, 0.6) is 0 Å². The molecule has 0 radical (unpaired) electrons. The molecule has 2 rings (SSSR count). The lowest BCUT2D eigenvalue weighted by molar-refractivity contribution is -0.138. The number of carbonyl (C=O) groups is 2. The fraction of sp³-hybridized carbons (Fsp3) is 0.643. The van der Waals surface area contributed by atoms with Crippen LogP contribution in [-0.2, 0) is 15.1 Å². The zero-order chi connectivity index (χ0) is 14.8. The van der Waals surface area contributed by atoms with E-state index in [4.69, 9.17) is 0 Å². The van der Waals surface area contributed by atoms with Crippen molar-refractivity contribution in [1.82, 2.24) is 15.2 Å². The fourth-order valence-electron chi connectivity index (χ4n) is 2.52. The van der Waals surface area contributed by atoms with Gasteiger partial charge in [-0.25, -0.2) is 4.98 Å². The molecule has 1 saturated heterocycles. The zero-order valence-corrected chi connectivity index (χ0v) is 13.0. The fourth-order valence-corrected chi connectivity index (χ4v) is 3.29. The van der Waals surface area contributed by atoms with Gasteiger partial charge in [0.1, 0.15) is 11.0 Å². The molecule has 1 aromatic rings. The largest absolute Gasteiger partial charge is 0.344 e. The molecule has 1 N–H and O–H groups in total. The van der Waals surface area contributed by atoms with E-state index in [9.17, 15) is 9.59 Å². The van der Waals surface area contributed by atoms with Gasteiger partial charge in [-0.1, -0.05) is 13.3 Å². The van der Waals surface area contributed by atoms with E-state index in [-0.39, 0.29) is 11.8 Å². The molecule has 0 bridgehead atoms. The van der Waals surface area contributed by atoms with Gasteiger partial charge in [-0.05, 0) is 20.3 Å². The number of rotatable bonds is 4. The first kappa shape index (κ1) is 15.0. The van der Waals surface area contributed by atoms with Gasteiger partial charge in [0, 0.05) is 24.5 Å². The first-order valence-corrected chi connectivity index (χ1v) is 7.85. The van der Waals surface area contributed by atoms with Crippen molar-refractivity contribution in [2.24, 2.45) is 0 Å². The van der Waals surface area contributed by atoms with Crippen molar-refractivity contribution in [3.8, 4) is 0 Å². The third-order valence-electron chi connectivity index (χ3n) is 3.67. The molecule has 1 fully saturated rings. The number of hydrogen-bond donors (Lipinski definition) is 1. The average Bonchev–Trinajstić information content (AvgIpc) is 2.88. The molecule has 2 amide bonds. The molecule has 1 unspecified atom stereocenters. The summed E-state index contributed by atoms with van der Waals surface area (Å²) in [5.41, 5.74) is -0.483. The summed E-state index contributed by atoms with van der Waals surface area (Å²) in [4.78, 5) is 30.6. The standard InChI is InChI=1S/C14H21N3O2S/c1-4-5-10-12(19)17(8-6-11(18)16-10)14(2,3)13-15-7-9-20-13/h7,9-10H,4-6,8H2,1-3H3,(H,16,18). The highest BCUT2D eigenvalue weighted by Crippen LogP contribution is 2.31. The molecule has 1 aromatic heterocycles. The lowest BCUT2D eigenvalue weighted by Crippen LogP contribution is -2.51. The molecule has 0 aliphatic carbocycles. The number of aromatic nitrogens is 1. The molecule has 6 heteroatoms. The monoisotopic (exact) mass is 295 g/mol. The van der Waals surface area contributed by atoms with Gasteiger partial charge in [-0.3, -0.25) is 9.59 Å². The Labute approximate surface area is 123 Å². The first-order chi connectivity index (χ1) is 9.46. The molecule has 110 valence electrons. The van der Waals surface area contributed by atoms with Crippen LogP contribution in [0, 0.1) is 0 Å². The number of hydrogen-bond acceptors (Lipinski definition) is 4. The van der Waals surface area contributed by atoms with E-state index in [0.29, 0.717) is 19.4 Å². The summed E-state index contributed by atoms with van der Waals surface area (Å²) >= 11 is 1.54. The Morgan fingerprint density at radius 1 is 1.50 bits per heavy atom. The molecule has 0 saturated carbocycles. The maximum Gasteiger partial charge on any atom is 0.245 e. The molecule has 0 aromatic carbocycles. The molecular weight excluding hydrogens is 274 g/mol. The number of nitrogens with one attached hydrogen (secondary N) is 1. The van der Waals surface area contributed by atoms with Crippen molar-refractivity contribution in [1.29, 1.82) is 0 Å². The summed E-state index contributed by atoms with van der Waals surface area (Å²) in [5, 5.41) is 5.64. The number of carbonyl (C=O) groups excluding carboxylic acids is 2. The van der Waals surface area contributed by atoms with Gasteiger partial charge >= 0.3 is 0 Å². The van der Waals surface area contributed by atoms with Crippen LogP contribution in [0.15, 0.2) is 11.6 Å². The molecule has 1 aliphatic rings. The van der Waals surface area contributed by atoms with Crippen molar-refractivity contribution < 1.29 is 9.59 Å². The van der Waals surface area contributed by atoms with Crippen molar-refractivity contribution >= 4 is 23.2 Å². The lowest BCUT2D eigenvalue weighted by atomic mass is 10.0. The van der Waals surface area contributed by atoms with Crippen molar-refractivity contribution in [3.05, 3.63) is 16.6 Å². The number of amides is 2. The van der Waals surface area contributed by atoms with E-state index in [1.165, 1.54) is 11.3 Å². The molecule has 1 aliphatic heterocycles. The van der Waals surface area contributed by atoms with Gasteiger partial charge < -0.3 is 10.2 Å². The minimum absolute atomic E-state index is 0.00194. The van der Waals surface area contributed by atoms with Crippen LogP contribution in [0.2, 0.25) is 0 Å². The van der Waals surface area contributed by atoms with Crippen molar-refractivity contribution in [3.63, 3.8) is 0 Å². The average molecular weight is 295 g/mol. The highest BCUT2D eigenvalue weighted by molar-refractivity contribution is 7.09. The second-order valence-electron chi connectivity index (χ2n) is 5.54. The summed E-state index contributed by atoms with van der Waals surface area (Å²) < 4.78 is 0. The first-order valence-electron chi connectivity index (χ1n) is 6.97. The minimum Gasteiger partial charge on any atom is -0.344 e. The lowest BCUT2D eigenvalue weighted by Gasteiger charge is -2.37. The van der Waals surface area contributed by atoms with Crippen LogP contribution in [0.25, 0.3) is 0 Å². The van der Waals surface area contributed by atoms with E-state index in [2.05, 4.69) is 10.3 Å². The summed E-state index contributed by atoms with van der Waals surface area (Å²) in [6, 6.07) is -0.408. The zero-order valence-electron chi connectivity index (χ0n) is 12.2. The van der Waals surface area contributed by atoms with Gasteiger partial charge in [-0.2, -0.15) is 0 Å². The third kappa shape index (κ3) is 2.85. The molecule has 1 atom stereocenters. The van der Waals surface area contributed by atoms with Gasteiger partial charge in [0.05, 0.1) is 5.54 Å². The Hall–Kier alpha value is -1.43. The van der Waals surface area contributed by atoms with Crippen LogP contribution >= 0.6 is 11.3 Å². The third-order valence-corrected chi connectivity index (χ3v) is 4.76. The summed E-state index contributed by atoms with van der Waals surface area (Å²) in [7, 11) is 0. The highest BCUT2D eigenvalue weighted by Gasteiger charge is 2.39. The Balaban J connectivity index is 2.29. The number of nitrogens with zero attached hydrogens (tertiary/aromatic N) is 2. The van der Waals surface area contributed by atoms with Gasteiger partial charge in [0.15, 0.2) is 0 Å². The van der Waals surface area contributed by atoms with E-state index < -0.39 is 11.6 Å². The second-order valence-corrected chi connectivity index (χ2v) is 6.44. The Morgan fingerprint density at radius 2 is 2.25 bits per heavy atom. The molecular formula is C14H21N3O2S.